The van der Waals surface area contributed by atoms with Gasteiger partial charge in [-0.05, 0) is 32.0 Å². The second kappa shape index (κ2) is 5.61. The Morgan fingerprint density at radius 2 is 2.16 bits per heavy atom. The van der Waals surface area contributed by atoms with Crippen molar-refractivity contribution in [2.24, 2.45) is 0 Å². The van der Waals surface area contributed by atoms with Crippen LogP contribution in [0.4, 0.5) is 5.69 Å². The molecule has 0 amide bonds. The average molecular weight is 262 g/mol. The molecule has 0 radical (unpaired) electrons. The molecule has 0 aliphatic carbocycles. The molecule has 2 rings (SSSR count). The van der Waals surface area contributed by atoms with Gasteiger partial charge in [0.25, 0.3) is 0 Å². The summed E-state index contributed by atoms with van der Waals surface area (Å²) in [5.41, 5.74) is 1.62. The van der Waals surface area contributed by atoms with Crippen molar-refractivity contribution < 1.29 is 9.53 Å². The summed E-state index contributed by atoms with van der Waals surface area (Å²) in [5.74, 6) is 0.927. The number of benzene rings is 1. The minimum absolute atomic E-state index is 0.108. The summed E-state index contributed by atoms with van der Waals surface area (Å²) in [4.78, 5) is 12.3. The zero-order valence-electron chi connectivity index (χ0n) is 12.0. The first-order valence-corrected chi connectivity index (χ1v) is 6.82. The van der Waals surface area contributed by atoms with E-state index in [4.69, 9.17) is 4.74 Å². The van der Waals surface area contributed by atoms with Gasteiger partial charge in [0.05, 0.1) is 18.3 Å². The molecule has 1 aromatic carbocycles. The fourth-order valence-corrected chi connectivity index (χ4v) is 2.26. The van der Waals surface area contributed by atoms with Crippen LogP contribution in [0.1, 0.15) is 38.1 Å². The van der Waals surface area contributed by atoms with Gasteiger partial charge in [0.1, 0.15) is 11.9 Å². The van der Waals surface area contributed by atoms with Crippen LogP contribution in [0.3, 0.4) is 0 Å². The molecule has 2 unspecified atom stereocenters. The lowest BCUT2D eigenvalue weighted by Gasteiger charge is -2.25. The minimum Gasteiger partial charge on any atom is -0.487 e. The first kappa shape index (κ1) is 13.9. The Bertz CT molecular complexity index is 471. The number of Topliss-reactive ketones (excluding diaryl/α,β-unsaturated/α-hetero) is 1. The smallest absolute Gasteiger partial charge is 0.179 e. The average Bonchev–Trinajstić information content (AvgIpc) is 2.36. The van der Waals surface area contributed by atoms with Crippen LogP contribution in [0.5, 0.6) is 5.75 Å². The van der Waals surface area contributed by atoms with Gasteiger partial charge in [-0.25, -0.2) is 0 Å². The van der Waals surface area contributed by atoms with Crippen molar-refractivity contribution in [2.75, 3.05) is 11.9 Å². The molecule has 0 aromatic heterocycles. The van der Waals surface area contributed by atoms with Gasteiger partial charge in [0.15, 0.2) is 5.78 Å². The number of hydrogen-bond donors (Lipinski definition) is 2. The van der Waals surface area contributed by atoms with E-state index in [1.165, 1.54) is 0 Å². The Morgan fingerprint density at radius 3 is 2.84 bits per heavy atom. The lowest BCUT2D eigenvalue weighted by atomic mass is 10.0. The number of carbonyl (C=O) groups excluding carboxylic acids is 1. The number of fused-ring (bicyclic) bond motifs is 1. The quantitative estimate of drug-likeness (QED) is 0.818. The predicted molar refractivity (Wildman–Crippen MR) is 77.1 cm³/mol. The second-order valence-corrected chi connectivity index (χ2v) is 5.43. The molecule has 0 fully saturated rings. The summed E-state index contributed by atoms with van der Waals surface area (Å²) in [6.45, 7) is 8.75. The lowest BCUT2D eigenvalue weighted by Crippen LogP contribution is -2.38. The molecule has 1 heterocycles. The molecule has 2 atom stereocenters. The van der Waals surface area contributed by atoms with Crippen molar-refractivity contribution in [1.29, 1.82) is 0 Å². The third kappa shape index (κ3) is 3.26. The van der Waals surface area contributed by atoms with Crippen molar-refractivity contribution in [3.8, 4) is 5.75 Å². The third-order valence-electron chi connectivity index (χ3n) is 3.15. The molecule has 0 saturated heterocycles. The van der Waals surface area contributed by atoms with Crippen molar-refractivity contribution in [2.45, 2.75) is 45.9 Å². The van der Waals surface area contributed by atoms with Crippen LogP contribution in [0.15, 0.2) is 18.2 Å². The van der Waals surface area contributed by atoms with E-state index in [2.05, 4.69) is 10.6 Å². The van der Waals surface area contributed by atoms with Gasteiger partial charge in [-0.2, -0.15) is 0 Å². The van der Waals surface area contributed by atoms with Gasteiger partial charge in [0, 0.05) is 11.6 Å². The zero-order chi connectivity index (χ0) is 14.0. The molecule has 1 aliphatic heterocycles. The van der Waals surface area contributed by atoms with Crippen LogP contribution in [-0.4, -0.2) is 30.5 Å². The lowest BCUT2D eigenvalue weighted by molar-refractivity contribution is 0.0946. The van der Waals surface area contributed by atoms with Gasteiger partial charge >= 0.3 is 0 Å². The Hall–Kier alpha value is -1.55. The molecule has 1 aromatic rings. The molecule has 0 bridgehead atoms. The second-order valence-electron chi connectivity index (χ2n) is 5.43. The van der Waals surface area contributed by atoms with E-state index in [1.807, 2.05) is 45.9 Å². The summed E-state index contributed by atoms with van der Waals surface area (Å²) in [6, 6.07) is 5.69. The molecule has 0 saturated carbocycles. The van der Waals surface area contributed by atoms with Crippen molar-refractivity contribution in [3.63, 3.8) is 0 Å². The van der Waals surface area contributed by atoms with Crippen LogP contribution >= 0.6 is 0 Å². The van der Waals surface area contributed by atoms with Gasteiger partial charge in [-0.3, -0.25) is 4.79 Å². The Balaban J connectivity index is 2.15. The highest BCUT2D eigenvalue weighted by Gasteiger charge is 2.20. The zero-order valence-corrected chi connectivity index (χ0v) is 12.0. The number of anilines is 1. The highest BCUT2D eigenvalue weighted by atomic mass is 16.5. The van der Waals surface area contributed by atoms with E-state index >= 15 is 0 Å². The number of ketones is 1. The highest BCUT2D eigenvalue weighted by molar-refractivity contribution is 6.01. The summed E-state index contributed by atoms with van der Waals surface area (Å²) in [5, 5.41) is 6.52. The summed E-state index contributed by atoms with van der Waals surface area (Å²) in [6.07, 6.45) is 0.163. The number of nitrogens with one attached hydrogen (secondary N) is 2. The number of hydrogen-bond acceptors (Lipinski definition) is 4. The van der Waals surface area contributed by atoms with Crippen molar-refractivity contribution in [3.05, 3.63) is 23.8 Å². The fraction of sp³-hybridized carbons (Fsp3) is 0.533. The summed E-state index contributed by atoms with van der Waals surface area (Å²) >= 11 is 0. The van der Waals surface area contributed by atoms with Gasteiger partial charge in [-0.1, -0.05) is 13.8 Å². The normalized spacial score (nSPS) is 19.3. The summed E-state index contributed by atoms with van der Waals surface area (Å²) < 4.78 is 5.70. The minimum atomic E-state index is -0.179. The van der Waals surface area contributed by atoms with Crippen LogP contribution < -0.4 is 15.4 Å². The van der Waals surface area contributed by atoms with E-state index in [9.17, 15) is 4.79 Å². The Kier molecular flexibility index (Phi) is 4.10. The molecular weight excluding hydrogens is 240 g/mol. The Morgan fingerprint density at radius 1 is 1.42 bits per heavy atom. The van der Waals surface area contributed by atoms with E-state index in [0.29, 0.717) is 11.6 Å². The Labute approximate surface area is 114 Å². The monoisotopic (exact) mass is 262 g/mol. The molecular formula is C15H22N2O2. The molecule has 4 heteroatoms. The topological polar surface area (TPSA) is 50.4 Å². The van der Waals surface area contributed by atoms with Gasteiger partial charge < -0.3 is 15.4 Å². The maximum absolute atomic E-state index is 12.3. The molecule has 4 nitrogen and oxygen atoms in total. The standard InChI is InChI=1S/C15H22N2O2/c1-9(2)17-11(4)15(18)12-5-6-14-13(7-12)16-8-10(3)19-14/h5-7,9-11,16-17H,8H2,1-4H3. The summed E-state index contributed by atoms with van der Waals surface area (Å²) in [7, 11) is 0. The first-order valence-electron chi connectivity index (χ1n) is 6.82. The molecule has 0 spiro atoms. The van der Waals surface area contributed by atoms with Gasteiger partial charge in [0.2, 0.25) is 0 Å². The van der Waals surface area contributed by atoms with E-state index in [1.54, 1.807) is 0 Å². The van der Waals surface area contributed by atoms with E-state index in [0.717, 1.165) is 18.0 Å². The molecule has 1 aliphatic rings. The third-order valence-corrected chi connectivity index (χ3v) is 3.15. The largest absolute Gasteiger partial charge is 0.487 e. The van der Waals surface area contributed by atoms with Crippen LogP contribution in [0.2, 0.25) is 0 Å². The predicted octanol–water partition coefficient (Wildman–Crippen LogP) is 2.45. The number of ether oxygens (including phenoxy) is 1. The van der Waals surface area contributed by atoms with Crippen molar-refractivity contribution >= 4 is 11.5 Å². The van der Waals surface area contributed by atoms with Crippen molar-refractivity contribution in [1.82, 2.24) is 5.32 Å². The van der Waals surface area contributed by atoms with Crippen LogP contribution in [0.25, 0.3) is 0 Å². The van der Waals surface area contributed by atoms with Crippen LogP contribution in [-0.2, 0) is 0 Å². The van der Waals surface area contributed by atoms with Crippen LogP contribution in [0, 0.1) is 0 Å². The maximum Gasteiger partial charge on any atom is 0.179 e. The maximum atomic E-state index is 12.3. The SMILES string of the molecule is CC(C)NC(C)C(=O)c1ccc2c(c1)NCC(C)O2. The van der Waals surface area contributed by atoms with Gasteiger partial charge in [-0.15, -0.1) is 0 Å². The molecule has 2 N–H and O–H groups in total. The fourth-order valence-electron chi connectivity index (χ4n) is 2.26. The number of rotatable bonds is 4. The molecule has 104 valence electrons. The van der Waals surface area contributed by atoms with E-state index in [-0.39, 0.29) is 17.9 Å². The van der Waals surface area contributed by atoms with E-state index < -0.39 is 0 Å². The first-order chi connectivity index (χ1) is 8.97. The highest BCUT2D eigenvalue weighted by Crippen LogP contribution is 2.30. The molecule has 19 heavy (non-hydrogen) atoms. The number of carbonyl (C=O) groups is 1.